The molecule has 1 N–H and O–H groups in total. The van der Waals surface area contributed by atoms with E-state index in [1.165, 1.54) is 0 Å². The molecule has 4 nitrogen and oxygen atoms in total. The third kappa shape index (κ3) is 9470000. The first-order valence-electron chi connectivity index (χ1n) is 0.565. The van der Waals surface area contributed by atoms with E-state index >= 15 is 0 Å². The van der Waals surface area contributed by atoms with Gasteiger partial charge < -0.3 is 5.21 Å². The van der Waals surface area contributed by atoms with Gasteiger partial charge in [0, 0.05) is 0 Å². The molecule has 0 aromatic carbocycles. The summed E-state index contributed by atoms with van der Waals surface area (Å²) in [6.07, 6.45) is 0. The maximum atomic E-state index is 8.36. The van der Waals surface area contributed by atoms with E-state index in [0.717, 1.165) is 0 Å². The second-order valence-electron chi connectivity index (χ2n) is 0.238. The fourth-order valence-corrected chi connectivity index (χ4v) is 0. The van der Waals surface area contributed by atoms with Crippen molar-refractivity contribution in [3.63, 3.8) is 0 Å². The fraction of sp³-hybridized carbons (Fsp3) is 0. The zero-order valence-corrected chi connectivity index (χ0v) is 6.45. The topological polar surface area (TPSA) is 63.4 Å². The van der Waals surface area contributed by atoms with Crippen molar-refractivity contribution in [2.75, 3.05) is 0 Å². The van der Waals surface area contributed by atoms with Crippen molar-refractivity contribution in [2.45, 2.75) is 0 Å². The van der Waals surface area contributed by atoms with Gasteiger partial charge in [-0.05, 0) is 0 Å². The standard InChI is InChI=1S/HNO3.Sn.2H/c2-1(3)4;;;/h(H,2,3,4);;;. The Labute approximate surface area is 44.9 Å². The molecule has 0 rings (SSSR count). The second kappa shape index (κ2) is 4.00. The SMILES string of the molecule is O=[N+]([O-])O.[SnH2]. The molecule has 0 bridgehead atoms. The van der Waals surface area contributed by atoms with Gasteiger partial charge in [0.2, 0.25) is 0 Å². The van der Waals surface area contributed by atoms with Crippen molar-refractivity contribution in [1.29, 1.82) is 0 Å². The second-order valence-corrected chi connectivity index (χ2v) is 0.238. The molecule has 2 radical (unpaired) electrons. The fourth-order valence-electron chi connectivity index (χ4n) is 0. The molecular weight excluding hydrogens is 181 g/mol. The summed E-state index contributed by atoms with van der Waals surface area (Å²) in [6.45, 7) is 0. The van der Waals surface area contributed by atoms with Gasteiger partial charge in [-0.3, -0.25) is 0 Å². The molecule has 0 atom stereocenters. The van der Waals surface area contributed by atoms with Crippen LogP contribution in [-0.4, -0.2) is 34.2 Å². The molecule has 5 heavy (non-hydrogen) atoms. The average Bonchev–Trinajstić information content (AvgIpc) is 0.811. The molecule has 0 aliphatic heterocycles. The van der Waals surface area contributed by atoms with Gasteiger partial charge in [0.05, 0.1) is 0 Å². The van der Waals surface area contributed by atoms with Gasteiger partial charge in [-0.15, -0.1) is 10.1 Å². The number of hydrogen-bond donors (Lipinski definition) is 1. The van der Waals surface area contributed by atoms with E-state index in [4.69, 9.17) is 15.3 Å². The van der Waals surface area contributed by atoms with E-state index in [2.05, 4.69) is 0 Å². The monoisotopic (exact) mass is 185 g/mol. The molecule has 30 valence electrons. The first-order valence-corrected chi connectivity index (χ1v) is 0.565. The van der Waals surface area contributed by atoms with E-state index in [9.17, 15) is 0 Å². The minimum atomic E-state index is -1.50. The van der Waals surface area contributed by atoms with Gasteiger partial charge in [0.1, 0.15) is 0 Å². The quantitative estimate of drug-likeness (QED) is 0.290. The minimum absolute atomic E-state index is 0. The van der Waals surface area contributed by atoms with Crippen molar-refractivity contribution >= 4 is 23.9 Å². The third-order valence-electron chi connectivity index (χ3n) is 0. The third-order valence-corrected chi connectivity index (χ3v) is 0. The van der Waals surface area contributed by atoms with Gasteiger partial charge in [0.25, 0.3) is 5.09 Å². The van der Waals surface area contributed by atoms with Crippen LogP contribution >= 0.6 is 0 Å². The molecule has 0 fully saturated rings. The van der Waals surface area contributed by atoms with E-state index in [0.29, 0.717) is 0 Å². The van der Waals surface area contributed by atoms with Crippen LogP contribution in [0.25, 0.3) is 0 Å². The Hall–Kier alpha value is -0.00130. The summed E-state index contributed by atoms with van der Waals surface area (Å²) in [7, 11) is 0. The summed E-state index contributed by atoms with van der Waals surface area (Å²) in [5, 5.41) is 13.6. The average molecular weight is 184 g/mol. The number of nitrogens with zero attached hydrogens (tertiary/aromatic N) is 1. The van der Waals surface area contributed by atoms with E-state index < -0.39 is 5.09 Å². The molecule has 0 aliphatic rings. The Morgan fingerprint density at radius 3 is 1.80 bits per heavy atom. The molecule has 5 heteroatoms. The first kappa shape index (κ1) is 8.89. The Morgan fingerprint density at radius 2 is 1.80 bits per heavy atom. The van der Waals surface area contributed by atoms with Crippen LogP contribution in [0.2, 0.25) is 0 Å². The van der Waals surface area contributed by atoms with Crippen LogP contribution in [0.1, 0.15) is 0 Å². The summed E-state index contributed by atoms with van der Waals surface area (Å²) in [5.41, 5.74) is 0. The van der Waals surface area contributed by atoms with Gasteiger partial charge >= 0.3 is 23.9 Å². The van der Waals surface area contributed by atoms with Gasteiger partial charge in [-0.1, -0.05) is 0 Å². The molecule has 0 aromatic heterocycles. The van der Waals surface area contributed by atoms with Crippen molar-refractivity contribution < 1.29 is 10.3 Å². The summed E-state index contributed by atoms with van der Waals surface area (Å²) < 4.78 is 0. The molecule has 0 amide bonds. The Balaban J connectivity index is 0. The van der Waals surface area contributed by atoms with E-state index in [-0.39, 0.29) is 23.9 Å². The first-order chi connectivity index (χ1) is 1.73. The molecule has 0 spiro atoms. The molecule has 0 unspecified atom stereocenters. The Morgan fingerprint density at radius 1 is 1.80 bits per heavy atom. The van der Waals surface area contributed by atoms with Crippen molar-refractivity contribution in [3.8, 4) is 0 Å². The van der Waals surface area contributed by atoms with Crippen molar-refractivity contribution in [3.05, 3.63) is 10.1 Å². The molecule has 0 saturated heterocycles. The maximum absolute atomic E-state index is 8.36. The zero-order chi connectivity index (χ0) is 3.58. The Bertz CT molecular complexity index is 29.9. The van der Waals surface area contributed by atoms with Crippen LogP contribution < -0.4 is 0 Å². The number of rotatable bonds is 0. The van der Waals surface area contributed by atoms with Crippen molar-refractivity contribution in [1.82, 2.24) is 0 Å². The van der Waals surface area contributed by atoms with Gasteiger partial charge in [-0.25, -0.2) is 0 Å². The van der Waals surface area contributed by atoms with E-state index in [1.807, 2.05) is 0 Å². The van der Waals surface area contributed by atoms with Crippen LogP contribution in [0, 0.1) is 10.1 Å². The Kier molecular flexibility index (Phi) is 7.11. The van der Waals surface area contributed by atoms with Gasteiger partial charge in [-0.2, -0.15) is 0 Å². The molecule has 0 aromatic rings. The van der Waals surface area contributed by atoms with Crippen LogP contribution in [0.3, 0.4) is 0 Å². The van der Waals surface area contributed by atoms with Crippen LogP contribution in [0.15, 0.2) is 0 Å². The predicted molar refractivity (Wildman–Crippen MR) is 17.3 cm³/mol. The predicted octanol–water partition coefficient (Wildman–Crippen LogP) is -1.26. The van der Waals surface area contributed by atoms with E-state index in [1.54, 1.807) is 0 Å². The summed E-state index contributed by atoms with van der Waals surface area (Å²) in [6, 6.07) is 0. The summed E-state index contributed by atoms with van der Waals surface area (Å²) in [4.78, 5) is 8.36. The molecular formula is H3NO3Sn. The summed E-state index contributed by atoms with van der Waals surface area (Å²) in [5.74, 6) is 0. The zero-order valence-electron chi connectivity index (χ0n) is 2.42. The normalized spacial score (nSPS) is 4.80. The van der Waals surface area contributed by atoms with Crippen molar-refractivity contribution in [2.24, 2.45) is 0 Å². The summed E-state index contributed by atoms with van der Waals surface area (Å²) >= 11 is 0. The van der Waals surface area contributed by atoms with Gasteiger partial charge in [0.15, 0.2) is 0 Å². The number of hydrogen-bond acceptors (Lipinski definition) is 2. The van der Waals surface area contributed by atoms with Crippen LogP contribution in [-0.2, 0) is 0 Å². The molecule has 0 aliphatic carbocycles. The van der Waals surface area contributed by atoms with Crippen LogP contribution in [0.5, 0.6) is 0 Å². The molecule has 0 heterocycles. The van der Waals surface area contributed by atoms with Crippen LogP contribution in [0.4, 0.5) is 0 Å². The molecule has 0 saturated carbocycles.